The van der Waals surface area contributed by atoms with E-state index in [0.717, 1.165) is 12.1 Å². The van der Waals surface area contributed by atoms with Crippen molar-refractivity contribution in [2.45, 2.75) is 13.1 Å². The van der Waals surface area contributed by atoms with Gasteiger partial charge in [-0.15, -0.1) is 11.6 Å². The van der Waals surface area contributed by atoms with Crippen molar-refractivity contribution in [3.05, 3.63) is 29.9 Å². The summed E-state index contributed by atoms with van der Waals surface area (Å²) in [5.41, 5.74) is -1.63. The minimum atomic E-state index is -4.81. The fourth-order valence-electron chi connectivity index (χ4n) is 1.66. The van der Waals surface area contributed by atoms with Crippen LogP contribution in [0.15, 0.2) is 22.7 Å². The predicted molar refractivity (Wildman–Crippen MR) is 79.2 cm³/mol. The van der Waals surface area contributed by atoms with Gasteiger partial charge < -0.3 is 14.9 Å². The molecule has 2 rings (SSSR count). The van der Waals surface area contributed by atoms with Crippen molar-refractivity contribution in [2.24, 2.45) is 5.41 Å². The Bertz CT molecular complexity index is 775. The molecule has 2 aromatic rings. The summed E-state index contributed by atoms with van der Waals surface area (Å²) in [5.74, 6) is -3.85. The van der Waals surface area contributed by atoms with E-state index in [4.69, 9.17) is 11.6 Å². The zero-order valence-electron chi connectivity index (χ0n) is 12.7. The third kappa shape index (κ3) is 4.07. The van der Waals surface area contributed by atoms with Gasteiger partial charge in [-0.3, -0.25) is 4.79 Å². The molecule has 0 aliphatic rings. The number of carbonyl (C=O) groups excluding carboxylic acids is 1. The fourth-order valence-corrected chi connectivity index (χ4v) is 1.87. The summed E-state index contributed by atoms with van der Waals surface area (Å²) >= 11 is 5.62. The number of carbonyl (C=O) groups is 1. The first-order valence-corrected chi connectivity index (χ1v) is 7.33. The summed E-state index contributed by atoms with van der Waals surface area (Å²) in [6.07, 6.45) is -4.81. The van der Waals surface area contributed by atoms with Crippen molar-refractivity contribution < 1.29 is 32.0 Å². The second-order valence-corrected chi connectivity index (χ2v) is 5.69. The van der Waals surface area contributed by atoms with E-state index in [2.05, 4.69) is 20.0 Å². The number of aliphatic hydroxyl groups is 1. The van der Waals surface area contributed by atoms with Crippen LogP contribution in [0.3, 0.4) is 0 Å². The number of benzene rings is 1. The molecule has 2 N–H and O–H groups in total. The Kier molecular flexibility index (Phi) is 5.33. The summed E-state index contributed by atoms with van der Waals surface area (Å²) in [6.45, 7) is 0.838. The topological polar surface area (TPSA) is 88.2 Å². The van der Waals surface area contributed by atoms with Crippen molar-refractivity contribution in [1.82, 2.24) is 10.1 Å². The molecule has 0 fully saturated rings. The second kappa shape index (κ2) is 6.96. The minimum Gasteiger partial charge on any atom is -0.395 e. The fraction of sp³-hybridized carbons (Fsp3) is 0.357. The van der Waals surface area contributed by atoms with Crippen molar-refractivity contribution >= 4 is 23.2 Å². The third-order valence-electron chi connectivity index (χ3n) is 3.34. The van der Waals surface area contributed by atoms with Crippen LogP contribution >= 0.6 is 11.6 Å². The lowest BCUT2D eigenvalue weighted by atomic mass is 9.93. The van der Waals surface area contributed by atoms with Crippen LogP contribution in [0.4, 0.5) is 23.2 Å². The van der Waals surface area contributed by atoms with E-state index in [-0.39, 0.29) is 17.1 Å². The van der Waals surface area contributed by atoms with Crippen molar-refractivity contribution in [3.8, 4) is 11.4 Å². The summed E-state index contributed by atoms with van der Waals surface area (Å²) in [6, 6.07) is 3.18. The van der Waals surface area contributed by atoms with Gasteiger partial charge in [0, 0.05) is 11.4 Å². The van der Waals surface area contributed by atoms with Crippen LogP contribution in [0.5, 0.6) is 0 Å². The van der Waals surface area contributed by atoms with Crippen molar-refractivity contribution in [2.75, 3.05) is 17.8 Å². The lowest BCUT2D eigenvalue weighted by Crippen LogP contribution is -2.38. The molecule has 0 saturated heterocycles. The van der Waals surface area contributed by atoms with Gasteiger partial charge in [0.05, 0.1) is 17.7 Å². The van der Waals surface area contributed by atoms with Gasteiger partial charge in [0.2, 0.25) is 11.7 Å². The van der Waals surface area contributed by atoms with Crippen LogP contribution in [0.2, 0.25) is 0 Å². The number of rotatable bonds is 5. The third-order valence-corrected chi connectivity index (χ3v) is 3.93. The van der Waals surface area contributed by atoms with Crippen LogP contribution in [0, 0.1) is 11.2 Å². The normalized spacial score (nSPS) is 14.2. The highest BCUT2D eigenvalue weighted by Crippen LogP contribution is 2.30. The van der Waals surface area contributed by atoms with Gasteiger partial charge in [-0.2, -0.15) is 18.2 Å². The highest BCUT2D eigenvalue weighted by Gasteiger charge is 2.38. The predicted octanol–water partition coefficient (Wildman–Crippen LogP) is 3.07. The Morgan fingerprint density at radius 1 is 1.40 bits per heavy atom. The number of nitrogens with one attached hydrogen (secondary N) is 1. The SMILES string of the molecule is CC(CO)(CCl)C(=O)Nc1ccc(-c2noc(C(F)(F)F)n2)cc1F. The summed E-state index contributed by atoms with van der Waals surface area (Å²) in [4.78, 5) is 15.2. The molecule has 25 heavy (non-hydrogen) atoms. The number of hydrogen-bond donors (Lipinski definition) is 2. The molecule has 1 atom stereocenters. The Morgan fingerprint density at radius 2 is 2.08 bits per heavy atom. The molecule has 0 spiro atoms. The Balaban J connectivity index is 2.24. The van der Waals surface area contributed by atoms with E-state index in [9.17, 15) is 27.5 Å². The molecular formula is C14H12ClF4N3O3. The monoisotopic (exact) mass is 381 g/mol. The van der Waals surface area contributed by atoms with Gasteiger partial charge in [0.15, 0.2) is 0 Å². The van der Waals surface area contributed by atoms with Crippen LogP contribution < -0.4 is 5.32 Å². The van der Waals surface area contributed by atoms with Gasteiger partial charge in [-0.1, -0.05) is 5.16 Å². The summed E-state index contributed by atoms with van der Waals surface area (Å²) < 4.78 is 55.5. The van der Waals surface area contributed by atoms with E-state index in [1.165, 1.54) is 13.0 Å². The highest BCUT2D eigenvalue weighted by molar-refractivity contribution is 6.20. The molecule has 136 valence electrons. The minimum absolute atomic E-state index is 0.0722. The van der Waals surface area contributed by atoms with Crippen LogP contribution in [0.25, 0.3) is 11.4 Å². The number of anilines is 1. The average Bonchev–Trinajstić information content (AvgIpc) is 3.06. The molecule has 6 nitrogen and oxygen atoms in total. The number of hydrogen-bond acceptors (Lipinski definition) is 5. The zero-order valence-corrected chi connectivity index (χ0v) is 13.5. The molecule has 1 unspecified atom stereocenters. The summed E-state index contributed by atoms with van der Waals surface area (Å²) in [5, 5.41) is 14.6. The highest BCUT2D eigenvalue weighted by atomic mass is 35.5. The first-order valence-electron chi connectivity index (χ1n) is 6.80. The number of alkyl halides is 4. The molecule has 0 radical (unpaired) electrons. The Morgan fingerprint density at radius 3 is 2.56 bits per heavy atom. The number of amides is 1. The molecule has 1 aromatic carbocycles. The number of aliphatic hydroxyl groups excluding tert-OH is 1. The van der Waals surface area contributed by atoms with Crippen LogP contribution in [0.1, 0.15) is 12.8 Å². The number of aromatic nitrogens is 2. The Labute approximate surface area is 143 Å². The van der Waals surface area contributed by atoms with Gasteiger partial charge >= 0.3 is 12.1 Å². The van der Waals surface area contributed by atoms with Crippen LogP contribution in [-0.2, 0) is 11.0 Å². The lowest BCUT2D eigenvalue weighted by molar-refractivity contribution is -0.159. The molecule has 1 amide bonds. The molecule has 0 aliphatic heterocycles. The van der Waals surface area contributed by atoms with Crippen molar-refractivity contribution in [1.29, 1.82) is 0 Å². The molecule has 0 saturated carbocycles. The lowest BCUT2D eigenvalue weighted by Gasteiger charge is -2.23. The average molecular weight is 382 g/mol. The quantitative estimate of drug-likeness (QED) is 0.614. The second-order valence-electron chi connectivity index (χ2n) is 5.42. The van der Waals surface area contributed by atoms with Gasteiger partial charge in [0.25, 0.3) is 0 Å². The maximum atomic E-state index is 14.1. The zero-order chi connectivity index (χ0) is 18.8. The molecule has 11 heteroatoms. The standard InChI is InChI=1S/C14H12ClF4N3O3/c1-13(5-15,6-23)11(24)20-9-3-2-7(4-8(9)16)10-21-12(25-22-10)14(17,18)19/h2-4,23H,5-6H2,1H3,(H,20,24). The van der Waals surface area contributed by atoms with Gasteiger partial charge in [-0.05, 0) is 25.1 Å². The Hall–Kier alpha value is -2.20. The van der Waals surface area contributed by atoms with E-state index in [1.54, 1.807) is 0 Å². The van der Waals surface area contributed by atoms with Crippen LogP contribution in [-0.4, -0.2) is 33.6 Å². The molecule has 0 aliphatic carbocycles. The first kappa shape index (κ1) is 19.1. The first-order chi connectivity index (χ1) is 11.6. The number of nitrogens with zero attached hydrogens (tertiary/aromatic N) is 2. The summed E-state index contributed by atoms with van der Waals surface area (Å²) in [7, 11) is 0. The van der Waals surface area contributed by atoms with E-state index in [0.29, 0.717) is 0 Å². The van der Waals surface area contributed by atoms with E-state index in [1.807, 2.05) is 0 Å². The van der Waals surface area contributed by atoms with E-state index >= 15 is 0 Å². The maximum absolute atomic E-state index is 14.1. The van der Waals surface area contributed by atoms with E-state index < -0.39 is 41.6 Å². The molecule has 1 aromatic heterocycles. The maximum Gasteiger partial charge on any atom is 0.471 e. The molecule has 1 heterocycles. The van der Waals surface area contributed by atoms with Crippen molar-refractivity contribution in [3.63, 3.8) is 0 Å². The molecule has 0 bridgehead atoms. The number of halogens is 5. The smallest absolute Gasteiger partial charge is 0.395 e. The van der Waals surface area contributed by atoms with Gasteiger partial charge in [-0.25, -0.2) is 4.39 Å². The molecular weight excluding hydrogens is 370 g/mol. The van der Waals surface area contributed by atoms with Gasteiger partial charge in [0.1, 0.15) is 5.82 Å². The largest absolute Gasteiger partial charge is 0.471 e.